The second-order valence-corrected chi connectivity index (χ2v) is 10.5. The summed E-state index contributed by atoms with van der Waals surface area (Å²) in [6.45, 7) is 13.9. The molecule has 22 heavy (non-hydrogen) atoms. The van der Waals surface area contributed by atoms with Crippen molar-refractivity contribution >= 4 is 14.9 Å². The van der Waals surface area contributed by atoms with Gasteiger partial charge in [0.15, 0.2) is 0 Å². The minimum atomic E-state index is -0.741. The number of aryl methyl sites for hydroxylation is 3. The van der Waals surface area contributed by atoms with E-state index in [4.69, 9.17) is 0 Å². The molecule has 0 fully saturated rings. The minimum absolute atomic E-state index is 0.708. The molecule has 0 heterocycles. The predicted molar refractivity (Wildman–Crippen MR) is 101 cm³/mol. The molecule has 0 bridgehead atoms. The van der Waals surface area contributed by atoms with E-state index in [2.05, 4.69) is 77.2 Å². The fraction of sp³-hybridized carbons (Fsp3) is 0.333. The van der Waals surface area contributed by atoms with Crippen molar-refractivity contribution in [3.05, 3.63) is 63.7 Å². The van der Waals surface area contributed by atoms with Crippen LogP contribution in [0.3, 0.4) is 0 Å². The Bertz CT molecular complexity index is 745. The Labute approximate surface area is 136 Å². The monoisotopic (exact) mass is 306 g/mol. The van der Waals surface area contributed by atoms with E-state index in [1.54, 1.807) is 11.1 Å². The standard InChI is InChI=1S/C21H26Si/c1-13-7-14(2)9-17(8-13)18-10-15(3)11-20-19(18)12-16(4)21(20)22(5)6/h7-12,21-22H,1-6H3. The molecule has 1 atom stereocenters. The van der Waals surface area contributed by atoms with Gasteiger partial charge in [-0.1, -0.05) is 71.8 Å². The summed E-state index contributed by atoms with van der Waals surface area (Å²) in [5.74, 6) is 0. The minimum Gasteiger partial charge on any atom is -0.0714 e. The first-order valence-corrected chi connectivity index (χ1v) is 11.3. The molecule has 1 heteroatoms. The zero-order chi connectivity index (χ0) is 16.0. The van der Waals surface area contributed by atoms with Crippen LogP contribution in [0.15, 0.2) is 35.9 Å². The summed E-state index contributed by atoms with van der Waals surface area (Å²) in [5.41, 5.74) is 12.2. The average Bonchev–Trinajstić information content (AvgIpc) is 2.72. The maximum Gasteiger partial charge on any atom is 0.0439 e. The molecule has 0 N–H and O–H groups in total. The van der Waals surface area contributed by atoms with Gasteiger partial charge >= 0.3 is 0 Å². The van der Waals surface area contributed by atoms with Crippen LogP contribution >= 0.6 is 0 Å². The molecule has 1 aliphatic carbocycles. The van der Waals surface area contributed by atoms with Crippen LogP contribution < -0.4 is 0 Å². The molecule has 114 valence electrons. The first kappa shape index (κ1) is 15.3. The summed E-state index contributed by atoms with van der Waals surface area (Å²) in [6.07, 6.45) is 2.44. The summed E-state index contributed by atoms with van der Waals surface area (Å²) in [6, 6.07) is 11.7. The molecule has 0 aliphatic heterocycles. The van der Waals surface area contributed by atoms with E-state index < -0.39 is 8.80 Å². The van der Waals surface area contributed by atoms with Crippen molar-refractivity contribution in [1.29, 1.82) is 0 Å². The van der Waals surface area contributed by atoms with Crippen molar-refractivity contribution < 1.29 is 0 Å². The van der Waals surface area contributed by atoms with Gasteiger partial charge in [0.2, 0.25) is 0 Å². The lowest BCUT2D eigenvalue weighted by molar-refractivity contribution is 1.10. The molecule has 1 aliphatic rings. The van der Waals surface area contributed by atoms with Crippen LogP contribution in [0, 0.1) is 20.8 Å². The fourth-order valence-electron chi connectivity index (χ4n) is 4.06. The van der Waals surface area contributed by atoms with Gasteiger partial charge in [-0.05, 0) is 55.5 Å². The van der Waals surface area contributed by atoms with Gasteiger partial charge in [0.25, 0.3) is 0 Å². The molecule has 0 saturated heterocycles. The summed E-state index contributed by atoms with van der Waals surface area (Å²) in [7, 11) is -0.741. The number of hydrogen-bond acceptors (Lipinski definition) is 0. The second kappa shape index (κ2) is 5.55. The van der Waals surface area contributed by atoms with E-state index in [1.807, 2.05) is 0 Å². The van der Waals surface area contributed by atoms with Crippen molar-refractivity contribution in [3.8, 4) is 11.1 Å². The molecular formula is C21H26Si. The molecule has 0 amide bonds. The normalized spacial score (nSPS) is 16.9. The quantitative estimate of drug-likeness (QED) is 0.615. The first-order chi connectivity index (χ1) is 10.4. The number of allylic oxidation sites excluding steroid dienone is 1. The first-order valence-electron chi connectivity index (χ1n) is 8.28. The Morgan fingerprint density at radius 2 is 1.36 bits per heavy atom. The Hall–Kier alpha value is -1.60. The fourth-order valence-corrected chi connectivity index (χ4v) is 6.20. The highest BCUT2D eigenvalue weighted by atomic mass is 28.3. The molecule has 2 aromatic carbocycles. The lowest BCUT2D eigenvalue weighted by Crippen LogP contribution is -2.15. The van der Waals surface area contributed by atoms with E-state index in [-0.39, 0.29) is 0 Å². The van der Waals surface area contributed by atoms with E-state index in [9.17, 15) is 0 Å². The van der Waals surface area contributed by atoms with Gasteiger partial charge in [-0.15, -0.1) is 0 Å². The largest absolute Gasteiger partial charge is 0.0714 e. The molecule has 0 saturated carbocycles. The number of benzene rings is 2. The Balaban J connectivity index is 2.25. The third-order valence-corrected chi connectivity index (χ3v) is 6.97. The van der Waals surface area contributed by atoms with Crippen LogP contribution in [0.2, 0.25) is 13.1 Å². The highest BCUT2D eigenvalue weighted by Crippen LogP contribution is 2.43. The lowest BCUT2D eigenvalue weighted by atomic mass is 9.93. The zero-order valence-corrected chi connectivity index (χ0v) is 15.8. The molecule has 3 rings (SSSR count). The predicted octanol–water partition coefficient (Wildman–Crippen LogP) is 5.81. The topological polar surface area (TPSA) is 0 Å². The van der Waals surface area contributed by atoms with E-state index in [0.29, 0.717) is 5.54 Å². The van der Waals surface area contributed by atoms with Gasteiger partial charge in [-0.2, -0.15) is 0 Å². The summed E-state index contributed by atoms with van der Waals surface area (Å²) in [4.78, 5) is 0. The zero-order valence-electron chi connectivity index (χ0n) is 14.6. The third-order valence-electron chi connectivity index (χ3n) is 4.75. The smallest absolute Gasteiger partial charge is 0.0439 e. The number of hydrogen-bond donors (Lipinski definition) is 0. The molecule has 0 spiro atoms. The average molecular weight is 307 g/mol. The van der Waals surface area contributed by atoms with Gasteiger partial charge in [-0.3, -0.25) is 0 Å². The van der Waals surface area contributed by atoms with Crippen LogP contribution in [-0.4, -0.2) is 8.80 Å². The Morgan fingerprint density at radius 1 is 0.773 bits per heavy atom. The van der Waals surface area contributed by atoms with Crippen molar-refractivity contribution in [3.63, 3.8) is 0 Å². The van der Waals surface area contributed by atoms with Crippen LogP contribution in [0.25, 0.3) is 17.2 Å². The number of fused-ring (bicyclic) bond motifs is 1. The van der Waals surface area contributed by atoms with E-state index in [1.165, 1.54) is 33.4 Å². The van der Waals surface area contributed by atoms with Gasteiger partial charge in [0.05, 0.1) is 0 Å². The third kappa shape index (κ3) is 2.59. The van der Waals surface area contributed by atoms with Crippen LogP contribution in [0.1, 0.15) is 40.3 Å². The summed E-state index contributed by atoms with van der Waals surface area (Å²) < 4.78 is 0. The van der Waals surface area contributed by atoms with Gasteiger partial charge in [-0.25, -0.2) is 0 Å². The summed E-state index contributed by atoms with van der Waals surface area (Å²) >= 11 is 0. The van der Waals surface area contributed by atoms with Crippen molar-refractivity contribution in [2.75, 3.05) is 0 Å². The van der Waals surface area contributed by atoms with Crippen molar-refractivity contribution in [2.45, 2.75) is 46.3 Å². The summed E-state index contributed by atoms with van der Waals surface area (Å²) in [5, 5.41) is 0. The molecular weight excluding hydrogens is 280 g/mol. The van der Waals surface area contributed by atoms with Crippen LogP contribution in [0.5, 0.6) is 0 Å². The molecule has 0 nitrogen and oxygen atoms in total. The molecule has 0 aromatic heterocycles. The SMILES string of the molecule is CC1=Cc2c(-c3cc(C)cc(C)c3)cc(C)cc2C1[SiH](C)C. The van der Waals surface area contributed by atoms with Gasteiger partial charge in [0.1, 0.15) is 0 Å². The molecule has 0 radical (unpaired) electrons. The lowest BCUT2D eigenvalue weighted by Gasteiger charge is -2.19. The van der Waals surface area contributed by atoms with Gasteiger partial charge < -0.3 is 0 Å². The van der Waals surface area contributed by atoms with Gasteiger partial charge in [0, 0.05) is 8.80 Å². The number of rotatable bonds is 2. The maximum atomic E-state index is 2.47. The van der Waals surface area contributed by atoms with Crippen molar-refractivity contribution in [1.82, 2.24) is 0 Å². The Kier molecular flexibility index (Phi) is 3.86. The highest BCUT2D eigenvalue weighted by Gasteiger charge is 2.28. The maximum absolute atomic E-state index is 2.47. The van der Waals surface area contributed by atoms with E-state index in [0.717, 1.165) is 0 Å². The van der Waals surface area contributed by atoms with Crippen LogP contribution in [0.4, 0.5) is 0 Å². The molecule has 2 aromatic rings. The Morgan fingerprint density at radius 3 is 1.95 bits per heavy atom. The molecule has 1 unspecified atom stereocenters. The van der Waals surface area contributed by atoms with Crippen LogP contribution in [-0.2, 0) is 0 Å². The van der Waals surface area contributed by atoms with E-state index >= 15 is 0 Å². The second-order valence-electron chi connectivity index (χ2n) is 7.30. The van der Waals surface area contributed by atoms with Crippen molar-refractivity contribution in [2.24, 2.45) is 0 Å². The highest BCUT2D eigenvalue weighted by molar-refractivity contribution is 6.58.